The molecule has 24 heavy (non-hydrogen) atoms. The van der Waals surface area contributed by atoms with Crippen LogP contribution in [-0.4, -0.2) is 43.7 Å². The molecule has 1 atom stereocenters. The standard InChI is InChI=1S/C17H22ClN5O/c1-19-17(21-9-6-14-4-3-11-24-14)22-13-7-10-23(12-13)16-15(18)5-2-8-20-16/h2-5,8,11,13H,6-7,9-10,12H2,1H3,(H2,19,21,22). The molecule has 0 saturated carbocycles. The summed E-state index contributed by atoms with van der Waals surface area (Å²) in [6.07, 6.45) is 5.31. The first kappa shape index (κ1) is 16.6. The van der Waals surface area contributed by atoms with Crippen molar-refractivity contribution in [3.8, 4) is 0 Å². The van der Waals surface area contributed by atoms with Crippen LogP contribution in [0, 0.1) is 0 Å². The van der Waals surface area contributed by atoms with Crippen LogP contribution in [0.15, 0.2) is 46.1 Å². The van der Waals surface area contributed by atoms with Crippen molar-refractivity contribution in [3.05, 3.63) is 47.5 Å². The van der Waals surface area contributed by atoms with Gasteiger partial charge in [-0.05, 0) is 30.7 Å². The first-order chi connectivity index (χ1) is 11.8. The second-order valence-electron chi connectivity index (χ2n) is 5.71. The number of anilines is 1. The molecule has 7 heteroatoms. The molecule has 2 aromatic rings. The lowest BCUT2D eigenvalue weighted by molar-refractivity contribution is 0.506. The van der Waals surface area contributed by atoms with Crippen molar-refractivity contribution in [2.75, 3.05) is 31.6 Å². The van der Waals surface area contributed by atoms with Gasteiger partial charge in [-0.1, -0.05) is 11.6 Å². The van der Waals surface area contributed by atoms with Crippen molar-refractivity contribution in [2.45, 2.75) is 18.9 Å². The van der Waals surface area contributed by atoms with Crippen LogP contribution >= 0.6 is 11.6 Å². The molecule has 1 fully saturated rings. The smallest absolute Gasteiger partial charge is 0.191 e. The van der Waals surface area contributed by atoms with Gasteiger partial charge in [-0.25, -0.2) is 4.98 Å². The Hall–Kier alpha value is -2.21. The maximum Gasteiger partial charge on any atom is 0.191 e. The van der Waals surface area contributed by atoms with E-state index in [2.05, 4.69) is 25.5 Å². The summed E-state index contributed by atoms with van der Waals surface area (Å²) in [5, 5.41) is 7.47. The number of pyridine rings is 1. The third-order valence-corrected chi connectivity index (χ3v) is 4.33. The normalized spacial score (nSPS) is 18.0. The third kappa shape index (κ3) is 4.20. The van der Waals surface area contributed by atoms with E-state index in [9.17, 15) is 0 Å². The molecule has 0 aliphatic carbocycles. The summed E-state index contributed by atoms with van der Waals surface area (Å²) in [4.78, 5) is 10.9. The number of guanidine groups is 1. The van der Waals surface area contributed by atoms with E-state index in [4.69, 9.17) is 16.0 Å². The van der Waals surface area contributed by atoms with Crippen LogP contribution in [0.25, 0.3) is 0 Å². The Morgan fingerprint density at radius 2 is 2.38 bits per heavy atom. The van der Waals surface area contributed by atoms with Gasteiger partial charge in [-0.2, -0.15) is 0 Å². The molecule has 3 rings (SSSR count). The van der Waals surface area contributed by atoms with E-state index in [-0.39, 0.29) is 0 Å². The van der Waals surface area contributed by atoms with E-state index >= 15 is 0 Å². The average Bonchev–Trinajstić information content (AvgIpc) is 3.26. The number of furan rings is 1. The Balaban J connectivity index is 1.47. The van der Waals surface area contributed by atoms with Gasteiger partial charge in [0, 0.05) is 45.3 Å². The van der Waals surface area contributed by atoms with E-state index in [0.717, 1.165) is 50.0 Å². The predicted octanol–water partition coefficient (Wildman–Crippen LogP) is 2.31. The molecule has 6 nitrogen and oxygen atoms in total. The van der Waals surface area contributed by atoms with Crippen molar-refractivity contribution >= 4 is 23.4 Å². The van der Waals surface area contributed by atoms with Gasteiger partial charge >= 0.3 is 0 Å². The molecular formula is C17H22ClN5O. The SMILES string of the molecule is CN=C(NCCc1ccco1)NC1CCN(c2ncccc2Cl)C1. The molecule has 1 saturated heterocycles. The number of nitrogens with zero attached hydrogens (tertiary/aromatic N) is 3. The summed E-state index contributed by atoms with van der Waals surface area (Å²) in [7, 11) is 1.78. The number of aliphatic imine (C=N–C) groups is 1. The van der Waals surface area contributed by atoms with Crippen LogP contribution in [0.4, 0.5) is 5.82 Å². The van der Waals surface area contributed by atoms with Gasteiger partial charge in [0.2, 0.25) is 0 Å². The van der Waals surface area contributed by atoms with Crippen molar-refractivity contribution in [3.63, 3.8) is 0 Å². The fraction of sp³-hybridized carbons (Fsp3) is 0.412. The molecule has 0 spiro atoms. The van der Waals surface area contributed by atoms with E-state index in [1.165, 1.54) is 0 Å². The zero-order chi connectivity index (χ0) is 16.8. The summed E-state index contributed by atoms with van der Waals surface area (Å²) in [6.45, 7) is 2.56. The first-order valence-corrected chi connectivity index (χ1v) is 8.49. The summed E-state index contributed by atoms with van der Waals surface area (Å²) < 4.78 is 5.33. The summed E-state index contributed by atoms with van der Waals surface area (Å²) in [5.74, 6) is 2.62. The Kier molecular flexibility index (Phi) is 5.59. The van der Waals surface area contributed by atoms with Gasteiger partial charge in [0.15, 0.2) is 5.96 Å². The summed E-state index contributed by atoms with van der Waals surface area (Å²) in [5.41, 5.74) is 0. The van der Waals surface area contributed by atoms with E-state index in [0.29, 0.717) is 11.1 Å². The summed E-state index contributed by atoms with van der Waals surface area (Å²) in [6, 6.07) is 7.92. The topological polar surface area (TPSA) is 65.7 Å². The third-order valence-electron chi connectivity index (χ3n) is 4.04. The molecule has 1 unspecified atom stereocenters. The summed E-state index contributed by atoms with van der Waals surface area (Å²) >= 11 is 6.23. The van der Waals surface area contributed by atoms with E-state index in [1.807, 2.05) is 24.3 Å². The van der Waals surface area contributed by atoms with Crippen molar-refractivity contribution in [1.82, 2.24) is 15.6 Å². The molecule has 0 amide bonds. The second kappa shape index (κ2) is 8.06. The Labute approximate surface area is 146 Å². The van der Waals surface area contributed by atoms with Gasteiger partial charge in [-0.15, -0.1) is 0 Å². The van der Waals surface area contributed by atoms with Gasteiger partial charge in [0.05, 0.1) is 11.3 Å². The number of hydrogen-bond donors (Lipinski definition) is 2. The average molecular weight is 348 g/mol. The Morgan fingerprint density at radius 3 is 3.12 bits per heavy atom. The molecular weight excluding hydrogens is 326 g/mol. The minimum atomic E-state index is 0.317. The highest BCUT2D eigenvalue weighted by Gasteiger charge is 2.25. The zero-order valence-corrected chi connectivity index (χ0v) is 14.5. The quantitative estimate of drug-likeness (QED) is 0.642. The molecule has 0 radical (unpaired) electrons. The largest absolute Gasteiger partial charge is 0.469 e. The van der Waals surface area contributed by atoms with E-state index in [1.54, 1.807) is 19.5 Å². The first-order valence-electron chi connectivity index (χ1n) is 8.11. The van der Waals surface area contributed by atoms with Gasteiger partial charge in [0.25, 0.3) is 0 Å². The molecule has 3 heterocycles. The number of rotatable bonds is 5. The molecule has 1 aliphatic rings. The van der Waals surface area contributed by atoms with Crippen molar-refractivity contribution in [1.29, 1.82) is 0 Å². The minimum absolute atomic E-state index is 0.317. The molecule has 1 aliphatic heterocycles. The molecule has 2 N–H and O–H groups in total. The lowest BCUT2D eigenvalue weighted by atomic mass is 10.3. The predicted molar refractivity (Wildman–Crippen MR) is 96.8 cm³/mol. The number of aromatic nitrogens is 1. The van der Waals surface area contributed by atoms with Crippen LogP contribution in [0.1, 0.15) is 12.2 Å². The highest BCUT2D eigenvalue weighted by atomic mass is 35.5. The lowest BCUT2D eigenvalue weighted by Crippen LogP contribution is -2.45. The van der Waals surface area contributed by atoms with Crippen LogP contribution < -0.4 is 15.5 Å². The lowest BCUT2D eigenvalue weighted by Gasteiger charge is -2.20. The molecule has 0 bridgehead atoms. The Morgan fingerprint density at radius 1 is 1.46 bits per heavy atom. The highest BCUT2D eigenvalue weighted by Crippen LogP contribution is 2.25. The fourth-order valence-corrected chi connectivity index (χ4v) is 3.07. The van der Waals surface area contributed by atoms with Gasteiger partial charge < -0.3 is 20.0 Å². The number of nitrogens with one attached hydrogen (secondary N) is 2. The second-order valence-corrected chi connectivity index (χ2v) is 6.12. The van der Waals surface area contributed by atoms with Crippen LogP contribution in [0.3, 0.4) is 0 Å². The highest BCUT2D eigenvalue weighted by molar-refractivity contribution is 6.32. The Bertz CT molecular complexity index is 673. The molecule has 2 aromatic heterocycles. The molecule has 128 valence electrons. The minimum Gasteiger partial charge on any atom is -0.469 e. The number of hydrogen-bond acceptors (Lipinski definition) is 4. The van der Waals surface area contributed by atoms with Gasteiger partial charge in [-0.3, -0.25) is 4.99 Å². The van der Waals surface area contributed by atoms with Crippen LogP contribution in [0.5, 0.6) is 0 Å². The van der Waals surface area contributed by atoms with E-state index < -0.39 is 0 Å². The molecule has 0 aromatic carbocycles. The maximum absolute atomic E-state index is 6.23. The zero-order valence-electron chi connectivity index (χ0n) is 13.7. The van der Waals surface area contributed by atoms with Crippen LogP contribution in [-0.2, 0) is 6.42 Å². The van der Waals surface area contributed by atoms with Gasteiger partial charge in [0.1, 0.15) is 11.6 Å². The van der Waals surface area contributed by atoms with Crippen LogP contribution in [0.2, 0.25) is 5.02 Å². The monoisotopic (exact) mass is 347 g/mol. The van der Waals surface area contributed by atoms with Crippen molar-refractivity contribution in [2.24, 2.45) is 4.99 Å². The fourth-order valence-electron chi connectivity index (χ4n) is 2.83. The maximum atomic E-state index is 6.23. The van der Waals surface area contributed by atoms with Crippen molar-refractivity contribution < 1.29 is 4.42 Å². The number of halogens is 1.